The number of amides is 2. The Balaban J connectivity index is 1.93. The third-order valence-corrected chi connectivity index (χ3v) is 8.30. The van der Waals surface area contributed by atoms with Crippen molar-refractivity contribution in [2.24, 2.45) is 0 Å². The molecule has 0 aliphatic heterocycles. The standard InChI is InChI=1S/C27H35Cl2N3O5S/c1-4-37-25-13-9-8-12-24(25)32(38(3,35)36)18-26(33)31(17-20-14-15-21(28)16-23(20)29)19(2)27(34)30-22-10-6-5-7-11-22/h8-9,12-16,19,22H,4-7,10-11,17-18H2,1-3H3,(H,30,34)/t19-/m0/s1. The lowest BCUT2D eigenvalue weighted by Crippen LogP contribution is -2.53. The van der Waals surface area contributed by atoms with Crippen LogP contribution in [0, 0.1) is 0 Å². The number of carbonyl (C=O) groups is 2. The van der Waals surface area contributed by atoms with E-state index in [1.807, 2.05) is 0 Å². The number of carbonyl (C=O) groups excluding carboxylic acids is 2. The van der Waals surface area contributed by atoms with E-state index in [0.29, 0.717) is 28.0 Å². The summed E-state index contributed by atoms with van der Waals surface area (Å²) in [7, 11) is -3.88. The molecule has 1 atom stereocenters. The molecule has 8 nitrogen and oxygen atoms in total. The highest BCUT2D eigenvalue weighted by atomic mass is 35.5. The van der Waals surface area contributed by atoms with Gasteiger partial charge in [-0.2, -0.15) is 0 Å². The normalized spacial score (nSPS) is 15.0. The molecule has 0 aromatic heterocycles. The molecule has 0 spiro atoms. The van der Waals surface area contributed by atoms with Gasteiger partial charge < -0.3 is 15.0 Å². The molecule has 1 fully saturated rings. The summed E-state index contributed by atoms with van der Waals surface area (Å²) in [6, 6.07) is 10.7. The van der Waals surface area contributed by atoms with Crippen molar-refractivity contribution < 1.29 is 22.7 Å². The van der Waals surface area contributed by atoms with Gasteiger partial charge in [-0.3, -0.25) is 13.9 Å². The second-order valence-electron chi connectivity index (χ2n) is 9.45. The predicted molar refractivity (Wildman–Crippen MR) is 151 cm³/mol. The zero-order chi connectivity index (χ0) is 27.9. The highest BCUT2D eigenvalue weighted by molar-refractivity contribution is 7.92. The van der Waals surface area contributed by atoms with Crippen LogP contribution in [0.2, 0.25) is 10.0 Å². The van der Waals surface area contributed by atoms with Crippen LogP contribution >= 0.6 is 23.2 Å². The molecule has 3 rings (SSSR count). The predicted octanol–water partition coefficient (Wildman–Crippen LogP) is 5.02. The molecule has 2 amide bonds. The zero-order valence-electron chi connectivity index (χ0n) is 22.0. The zero-order valence-corrected chi connectivity index (χ0v) is 24.3. The fourth-order valence-corrected chi connectivity index (χ4v) is 5.84. The topological polar surface area (TPSA) is 96.0 Å². The number of para-hydroxylation sites is 2. The number of hydrogen-bond acceptors (Lipinski definition) is 5. The lowest BCUT2D eigenvalue weighted by Gasteiger charge is -2.33. The van der Waals surface area contributed by atoms with Crippen molar-refractivity contribution in [2.45, 2.75) is 64.6 Å². The first kappa shape index (κ1) is 30.1. The SMILES string of the molecule is CCOc1ccccc1N(CC(=O)N(Cc1ccc(Cl)cc1Cl)[C@@H](C)C(=O)NC1CCCCC1)S(C)(=O)=O. The van der Waals surface area contributed by atoms with E-state index in [0.717, 1.165) is 42.7 Å². The number of halogens is 2. The van der Waals surface area contributed by atoms with Crippen molar-refractivity contribution in [3.63, 3.8) is 0 Å². The molecule has 0 saturated heterocycles. The molecular formula is C27H35Cl2N3O5S. The van der Waals surface area contributed by atoms with Crippen molar-refractivity contribution in [1.82, 2.24) is 10.2 Å². The van der Waals surface area contributed by atoms with Gasteiger partial charge in [0.1, 0.15) is 18.3 Å². The number of hydrogen-bond donors (Lipinski definition) is 1. The van der Waals surface area contributed by atoms with Crippen molar-refractivity contribution in [3.05, 3.63) is 58.1 Å². The fourth-order valence-electron chi connectivity index (χ4n) is 4.52. The summed E-state index contributed by atoms with van der Waals surface area (Å²) in [4.78, 5) is 28.4. The van der Waals surface area contributed by atoms with E-state index in [2.05, 4.69) is 5.32 Å². The molecule has 0 unspecified atom stereocenters. The van der Waals surface area contributed by atoms with Crippen molar-refractivity contribution in [2.75, 3.05) is 23.7 Å². The smallest absolute Gasteiger partial charge is 0.244 e. The summed E-state index contributed by atoms with van der Waals surface area (Å²) < 4.78 is 32.3. The van der Waals surface area contributed by atoms with Crippen molar-refractivity contribution >= 4 is 50.7 Å². The van der Waals surface area contributed by atoms with Gasteiger partial charge in [0.25, 0.3) is 0 Å². The first-order chi connectivity index (χ1) is 18.0. The molecule has 1 saturated carbocycles. The van der Waals surface area contributed by atoms with Crippen LogP contribution in [0.25, 0.3) is 0 Å². The maximum Gasteiger partial charge on any atom is 0.244 e. The maximum absolute atomic E-state index is 13.8. The lowest BCUT2D eigenvalue weighted by molar-refractivity contribution is -0.139. The quantitative estimate of drug-likeness (QED) is 0.400. The Morgan fingerprint density at radius 2 is 1.79 bits per heavy atom. The first-order valence-corrected chi connectivity index (χ1v) is 15.3. The molecule has 38 heavy (non-hydrogen) atoms. The van der Waals surface area contributed by atoms with Crippen molar-refractivity contribution in [1.29, 1.82) is 0 Å². The Hall–Kier alpha value is -2.49. The van der Waals surface area contributed by atoms with Gasteiger partial charge in [-0.1, -0.05) is 60.7 Å². The summed E-state index contributed by atoms with van der Waals surface area (Å²) in [6.45, 7) is 3.23. The largest absolute Gasteiger partial charge is 0.492 e. The van der Waals surface area contributed by atoms with Crippen LogP contribution in [0.15, 0.2) is 42.5 Å². The van der Waals surface area contributed by atoms with Crippen LogP contribution < -0.4 is 14.4 Å². The van der Waals surface area contributed by atoms with Gasteiger partial charge in [0.2, 0.25) is 21.8 Å². The number of sulfonamides is 1. The van der Waals surface area contributed by atoms with E-state index in [1.165, 1.54) is 4.90 Å². The molecule has 1 aliphatic rings. The third-order valence-electron chi connectivity index (χ3n) is 6.59. The highest BCUT2D eigenvalue weighted by Crippen LogP contribution is 2.30. The fraction of sp³-hybridized carbons (Fsp3) is 0.481. The second-order valence-corrected chi connectivity index (χ2v) is 12.2. The van der Waals surface area contributed by atoms with Gasteiger partial charge in [-0.05, 0) is 56.5 Å². The highest BCUT2D eigenvalue weighted by Gasteiger charge is 2.32. The van der Waals surface area contributed by atoms with Crippen LogP contribution in [0.5, 0.6) is 5.75 Å². The minimum Gasteiger partial charge on any atom is -0.492 e. The summed E-state index contributed by atoms with van der Waals surface area (Å²) in [5.41, 5.74) is 0.830. The molecule has 0 radical (unpaired) electrons. The lowest BCUT2D eigenvalue weighted by atomic mass is 9.95. The molecule has 208 valence electrons. The van der Waals surface area contributed by atoms with Gasteiger partial charge in [0.15, 0.2) is 0 Å². The summed E-state index contributed by atoms with van der Waals surface area (Å²) in [6.07, 6.45) is 6.06. The van der Waals surface area contributed by atoms with Gasteiger partial charge in [0, 0.05) is 22.6 Å². The monoisotopic (exact) mass is 583 g/mol. The number of rotatable bonds is 11. The molecule has 0 heterocycles. The average Bonchev–Trinajstić information content (AvgIpc) is 2.87. The molecule has 2 aromatic rings. The van der Waals surface area contributed by atoms with Crippen LogP contribution in [-0.4, -0.2) is 56.6 Å². The summed E-state index contributed by atoms with van der Waals surface area (Å²) in [5, 5.41) is 3.85. The average molecular weight is 585 g/mol. The van der Waals surface area contributed by atoms with E-state index in [4.69, 9.17) is 27.9 Å². The maximum atomic E-state index is 13.8. The Morgan fingerprint density at radius 1 is 1.11 bits per heavy atom. The van der Waals surface area contributed by atoms with E-state index in [9.17, 15) is 18.0 Å². The van der Waals surface area contributed by atoms with Crippen LogP contribution in [0.1, 0.15) is 51.5 Å². The van der Waals surface area contributed by atoms with Crippen LogP contribution in [0.4, 0.5) is 5.69 Å². The second kappa shape index (κ2) is 13.5. The van der Waals surface area contributed by atoms with E-state index in [1.54, 1.807) is 56.3 Å². The number of nitrogens with zero attached hydrogens (tertiary/aromatic N) is 2. The Kier molecular flexibility index (Phi) is 10.7. The van der Waals surface area contributed by atoms with Gasteiger partial charge in [-0.15, -0.1) is 0 Å². The number of ether oxygens (including phenoxy) is 1. The number of anilines is 1. The minimum absolute atomic E-state index is 0.00119. The molecule has 0 bridgehead atoms. The Bertz CT molecular complexity index is 1230. The Morgan fingerprint density at radius 3 is 2.42 bits per heavy atom. The van der Waals surface area contributed by atoms with E-state index < -0.39 is 28.5 Å². The number of nitrogens with one attached hydrogen (secondary N) is 1. The van der Waals surface area contributed by atoms with E-state index >= 15 is 0 Å². The van der Waals surface area contributed by atoms with Crippen LogP contribution in [-0.2, 0) is 26.2 Å². The molecular weight excluding hydrogens is 549 g/mol. The van der Waals surface area contributed by atoms with Gasteiger partial charge in [-0.25, -0.2) is 8.42 Å². The first-order valence-electron chi connectivity index (χ1n) is 12.7. The molecule has 2 aromatic carbocycles. The molecule has 1 N–H and O–H groups in total. The van der Waals surface area contributed by atoms with Gasteiger partial charge >= 0.3 is 0 Å². The summed E-state index contributed by atoms with van der Waals surface area (Å²) >= 11 is 12.5. The summed E-state index contributed by atoms with van der Waals surface area (Å²) in [5.74, 6) is -0.515. The number of benzene rings is 2. The third kappa shape index (κ3) is 8.01. The van der Waals surface area contributed by atoms with Crippen molar-refractivity contribution in [3.8, 4) is 5.75 Å². The van der Waals surface area contributed by atoms with E-state index in [-0.39, 0.29) is 24.2 Å². The van der Waals surface area contributed by atoms with Gasteiger partial charge in [0.05, 0.1) is 18.6 Å². The molecule has 11 heteroatoms. The molecule has 1 aliphatic carbocycles. The minimum atomic E-state index is -3.88. The van der Waals surface area contributed by atoms with Crippen LogP contribution in [0.3, 0.4) is 0 Å². The Labute approximate surface area is 235 Å².